The number of nitrogens with zero attached hydrogens (tertiary/aromatic N) is 1. The normalized spacial score (nSPS) is 20.0. The van der Waals surface area contributed by atoms with Crippen LogP contribution in [0, 0.1) is 17.0 Å². The number of benzene rings is 2. The lowest BCUT2D eigenvalue weighted by Gasteiger charge is -2.36. The van der Waals surface area contributed by atoms with Crippen LogP contribution < -0.4 is 15.4 Å². The van der Waals surface area contributed by atoms with Gasteiger partial charge in [-0.2, -0.15) is 0 Å². The van der Waals surface area contributed by atoms with Crippen LogP contribution >= 0.6 is 0 Å². The van der Waals surface area contributed by atoms with E-state index in [-0.39, 0.29) is 17.7 Å². The van der Waals surface area contributed by atoms with E-state index in [1.54, 1.807) is 0 Å². The van der Waals surface area contributed by atoms with Crippen LogP contribution in [0.15, 0.2) is 36.4 Å². The molecule has 0 aromatic heterocycles. The Bertz CT molecular complexity index is 1170. The van der Waals surface area contributed by atoms with Gasteiger partial charge in [0.2, 0.25) is 5.91 Å². The average molecular weight is 467 g/mol. The van der Waals surface area contributed by atoms with E-state index in [4.69, 9.17) is 10.1 Å². The van der Waals surface area contributed by atoms with Crippen molar-refractivity contribution in [2.24, 2.45) is 0 Å². The number of likely N-dealkylation sites (tertiary alicyclic amines) is 1. The second-order valence-corrected chi connectivity index (χ2v) is 9.40. The maximum absolute atomic E-state index is 14.4. The molecule has 2 aliphatic heterocycles. The van der Waals surface area contributed by atoms with E-state index in [2.05, 4.69) is 22.6 Å². The molecular formula is C26H28F2N4O2. The number of rotatable bonds is 6. The number of piperidine rings is 1. The number of hydrogen-bond acceptors (Lipinski definition) is 5. The third-order valence-corrected chi connectivity index (χ3v) is 7.22. The average Bonchev–Trinajstić information content (AvgIpc) is 3.09. The number of fused-ring (bicyclic) bond motifs is 2. The summed E-state index contributed by atoms with van der Waals surface area (Å²) in [6.07, 6.45) is 6.94. The minimum Gasteiger partial charge on any atom is -0.488 e. The minimum absolute atomic E-state index is 0.00532. The third kappa shape index (κ3) is 3.96. The zero-order valence-electron chi connectivity index (χ0n) is 19.1. The molecule has 2 fully saturated rings. The van der Waals surface area contributed by atoms with E-state index in [9.17, 15) is 13.6 Å². The number of allylic oxidation sites excluding steroid dienone is 1. The molecule has 3 aliphatic rings. The molecule has 5 rings (SSSR count). The molecule has 0 bridgehead atoms. The number of hydrogen-bond donors (Lipinski definition) is 3. The first-order valence-electron chi connectivity index (χ1n) is 11.7. The first-order chi connectivity index (χ1) is 16.4. The van der Waals surface area contributed by atoms with Crippen LogP contribution in [0.3, 0.4) is 0 Å². The largest absolute Gasteiger partial charge is 0.488 e. The molecule has 0 atom stereocenters. The van der Waals surface area contributed by atoms with E-state index in [0.29, 0.717) is 17.0 Å². The Hall–Kier alpha value is -3.26. The fourth-order valence-corrected chi connectivity index (χ4v) is 5.06. The van der Waals surface area contributed by atoms with E-state index in [1.165, 1.54) is 18.2 Å². The number of ether oxygens (including phenoxy) is 1. The second kappa shape index (κ2) is 8.83. The van der Waals surface area contributed by atoms with E-state index < -0.39 is 17.0 Å². The smallest absolute Gasteiger partial charge is 0.235 e. The Balaban J connectivity index is 1.55. The SMILES string of the molecule is CN1CCC(Oc2cc(/C(=C/C=N)Nc3ccc(F)cc3F)cc3c2NC(=O)C32CCC2)CC1. The van der Waals surface area contributed by atoms with Crippen molar-refractivity contribution in [2.75, 3.05) is 30.8 Å². The number of halogens is 2. The van der Waals surface area contributed by atoms with Gasteiger partial charge in [0, 0.05) is 36.6 Å². The lowest BCUT2D eigenvalue weighted by Crippen LogP contribution is -2.40. The van der Waals surface area contributed by atoms with Crippen LogP contribution in [-0.2, 0) is 10.2 Å². The van der Waals surface area contributed by atoms with Gasteiger partial charge in [-0.15, -0.1) is 0 Å². The predicted octanol–water partition coefficient (Wildman–Crippen LogP) is 4.91. The molecule has 1 spiro atoms. The lowest BCUT2D eigenvalue weighted by atomic mass is 9.65. The van der Waals surface area contributed by atoms with Crippen LogP contribution in [0.1, 0.15) is 43.2 Å². The highest BCUT2D eigenvalue weighted by Gasteiger charge is 2.52. The fourth-order valence-electron chi connectivity index (χ4n) is 5.06. The van der Waals surface area contributed by atoms with Crippen molar-refractivity contribution < 1.29 is 18.3 Å². The number of amides is 1. The van der Waals surface area contributed by atoms with Crippen molar-refractivity contribution in [1.29, 1.82) is 5.41 Å². The first-order valence-corrected chi connectivity index (χ1v) is 11.7. The molecule has 2 heterocycles. The van der Waals surface area contributed by atoms with Gasteiger partial charge in [-0.25, -0.2) is 8.78 Å². The van der Waals surface area contributed by atoms with E-state index in [0.717, 1.165) is 68.7 Å². The van der Waals surface area contributed by atoms with E-state index >= 15 is 0 Å². The summed E-state index contributed by atoms with van der Waals surface area (Å²) in [6.45, 7) is 1.88. The molecule has 1 saturated heterocycles. The van der Waals surface area contributed by atoms with Crippen LogP contribution in [0.25, 0.3) is 5.70 Å². The van der Waals surface area contributed by atoms with E-state index in [1.807, 2.05) is 12.1 Å². The third-order valence-electron chi connectivity index (χ3n) is 7.22. The Morgan fingerprint density at radius 1 is 1.24 bits per heavy atom. The van der Waals surface area contributed by atoms with Crippen LogP contribution in [0.5, 0.6) is 5.75 Å². The summed E-state index contributed by atoms with van der Waals surface area (Å²) >= 11 is 0. The van der Waals surface area contributed by atoms with Gasteiger partial charge in [0.15, 0.2) is 0 Å². The van der Waals surface area contributed by atoms with Gasteiger partial charge in [-0.3, -0.25) is 4.79 Å². The quantitative estimate of drug-likeness (QED) is 0.529. The minimum atomic E-state index is -0.729. The molecule has 8 heteroatoms. The topological polar surface area (TPSA) is 77.5 Å². The van der Waals surface area contributed by atoms with Crippen molar-refractivity contribution in [3.8, 4) is 5.75 Å². The molecule has 6 nitrogen and oxygen atoms in total. The molecular weight excluding hydrogens is 438 g/mol. The van der Waals surface area contributed by atoms with Crippen molar-refractivity contribution in [3.05, 3.63) is 59.2 Å². The van der Waals surface area contributed by atoms with Gasteiger partial charge in [-0.05, 0) is 68.6 Å². The highest BCUT2D eigenvalue weighted by Crippen LogP contribution is 2.54. The molecule has 1 saturated carbocycles. The molecule has 1 amide bonds. The van der Waals surface area contributed by atoms with Crippen molar-refractivity contribution in [2.45, 2.75) is 43.6 Å². The van der Waals surface area contributed by atoms with Crippen LogP contribution in [0.2, 0.25) is 0 Å². The van der Waals surface area contributed by atoms with Gasteiger partial charge in [0.1, 0.15) is 23.5 Å². The number of nitrogens with one attached hydrogen (secondary N) is 3. The molecule has 1 aliphatic carbocycles. The summed E-state index contributed by atoms with van der Waals surface area (Å²) in [5, 5.41) is 13.7. The molecule has 3 N–H and O–H groups in total. The maximum Gasteiger partial charge on any atom is 0.235 e. The maximum atomic E-state index is 14.4. The summed E-state index contributed by atoms with van der Waals surface area (Å²) in [5.74, 6) is -0.804. The van der Waals surface area contributed by atoms with Crippen molar-refractivity contribution in [3.63, 3.8) is 0 Å². The summed E-state index contributed by atoms with van der Waals surface area (Å²) in [5.41, 5.74) is 2.28. The molecule has 0 radical (unpaired) electrons. The molecule has 2 aromatic carbocycles. The highest BCUT2D eigenvalue weighted by atomic mass is 19.1. The molecule has 2 aromatic rings. The van der Waals surface area contributed by atoms with Crippen LogP contribution in [0.4, 0.5) is 20.2 Å². The van der Waals surface area contributed by atoms with Gasteiger partial charge in [-0.1, -0.05) is 6.42 Å². The Morgan fingerprint density at radius 2 is 2.00 bits per heavy atom. The van der Waals surface area contributed by atoms with Crippen molar-refractivity contribution in [1.82, 2.24) is 4.90 Å². The Labute approximate surface area is 197 Å². The first kappa shape index (κ1) is 22.5. The zero-order chi connectivity index (χ0) is 23.9. The lowest BCUT2D eigenvalue weighted by molar-refractivity contribution is -0.123. The number of carbonyl (C=O) groups is 1. The van der Waals surface area contributed by atoms with Gasteiger partial charge in [0.05, 0.1) is 16.8 Å². The second-order valence-electron chi connectivity index (χ2n) is 9.40. The Kier molecular flexibility index (Phi) is 5.85. The molecule has 0 unspecified atom stereocenters. The highest BCUT2D eigenvalue weighted by molar-refractivity contribution is 6.09. The standard InChI is InChI=1S/C26H28F2N4O2/c1-32-11-6-18(7-12-32)34-23-14-16(13-19-24(23)31-25(33)26(19)8-2-9-26)21(5-10-29)30-22-4-3-17(27)15-20(22)28/h3-5,10,13-15,18,29-30H,2,6-9,11-12H2,1H3,(H,31,33)/b21-5-,29-10?. The molecule has 178 valence electrons. The monoisotopic (exact) mass is 466 g/mol. The number of carbonyl (C=O) groups excluding carboxylic acids is 1. The Morgan fingerprint density at radius 3 is 2.65 bits per heavy atom. The van der Waals surface area contributed by atoms with Gasteiger partial charge >= 0.3 is 0 Å². The summed E-state index contributed by atoms with van der Waals surface area (Å²) in [4.78, 5) is 15.2. The van der Waals surface area contributed by atoms with Crippen molar-refractivity contribution >= 4 is 29.2 Å². The summed E-state index contributed by atoms with van der Waals surface area (Å²) in [6, 6.07) is 7.07. The summed E-state index contributed by atoms with van der Waals surface area (Å²) < 4.78 is 34.2. The molecule has 34 heavy (non-hydrogen) atoms. The van der Waals surface area contributed by atoms with Gasteiger partial charge < -0.3 is 25.7 Å². The fraction of sp³-hybridized carbons (Fsp3) is 0.385. The summed E-state index contributed by atoms with van der Waals surface area (Å²) in [7, 11) is 2.09. The zero-order valence-corrected chi connectivity index (χ0v) is 19.1. The van der Waals surface area contributed by atoms with Crippen LogP contribution in [-0.4, -0.2) is 43.3 Å². The predicted molar refractivity (Wildman–Crippen MR) is 128 cm³/mol. The van der Waals surface area contributed by atoms with Gasteiger partial charge in [0.25, 0.3) is 0 Å². The number of anilines is 2.